The molecule has 1 aliphatic rings. The van der Waals surface area contributed by atoms with Crippen LogP contribution in [0.5, 0.6) is 0 Å². The largest absolute Gasteiger partial charge is 0.368 e. The number of nitrogens with zero attached hydrogens (tertiary/aromatic N) is 1. The van der Waals surface area contributed by atoms with Crippen LogP contribution in [0.2, 0.25) is 0 Å². The van der Waals surface area contributed by atoms with E-state index < -0.39 is 0 Å². The predicted molar refractivity (Wildman–Crippen MR) is 97.2 cm³/mol. The van der Waals surface area contributed by atoms with Crippen molar-refractivity contribution in [3.63, 3.8) is 0 Å². The molecule has 3 rings (SSSR count). The van der Waals surface area contributed by atoms with E-state index in [0.717, 1.165) is 37.3 Å². The minimum Gasteiger partial charge on any atom is -0.368 e. The van der Waals surface area contributed by atoms with Gasteiger partial charge in [0, 0.05) is 31.1 Å². The molecule has 0 radical (unpaired) electrons. The zero-order valence-corrected chi connectivity index (χ0v) is 14.1. The minimum atomic E-state index is -0.296. The minimum absolute atomic E-state index is 0.0446. The van der Waals surface area contributed by atoms with E-state index in [1.165, 1.54) is 5.56 Å². The molecule has 1 N–H and O–H groups in total. The second kappa shape index (κ2) is 7.97. The number of hydrogen-bond donors (Lipinski definition) is 1. The molecule has 2 aromatic carbocycles. The molecule has 1 fully saturated rings. The van der Waals surface area contributed by atoms with Gasteiger partial charge in [0.2, 0.25) is 0 Å². The van der Waals surface area contributed by atoms with E-state index in [-0.39, 0.29) is 12.0 Å². The summed E-state index contributed by atoms with van der Waals surface area (Å²) < 4.78 is 5.41. The molecule has 1 atom stereocenters. The van der Waals surface area contributed by atoms with Crippen molar-refractivity contribution in [2.24, 2.45) is 0 Å². The normalized spacial score (nSPS) is 16.8. The highest BCUT2D eigenvalue weighted by Crippen LogP contribution is 2.21. The molecule has 1 unspecified atom stereocenters. The van der Waals surface area contributed by atoms with Crippen molar-refractivity contribution in [1.29, 1.82) is 0 Å². The molecule has 0 spiro atoms. The van der Waals surface area contributed by atoms with Gasteiger partial charge >= 0.3 is 0 Å². The fourth-order valence-electron chi connectivity index (χ4n) is 2.95. The van der Waals surface area contributed by atoms with Gasteiger partial charge < -0.3 is 15.0 Å². The molecular weight excluding hydrogens is 300 g/mol. The zero-order valence-electron chi connectivity index (χ0n) is 14.1. The molecule has 0 saturated carbocycles. The van der Waals surface area contributed by atoms with Crippen molar-refractivity contribution >= 4 is 17.3 Å². The Hall–Kier alpha value is -2.33. The Morgan fingerprint density at radius 2 is 1.92 bits per heavy atom. The van der Waals surface area contributed by atoms with E-state index in [1.807, 2.05) is 18.2 Å². The van der Waals surface area contributed by atoms with E-state index in [4.69, 9.17) is 4.74 Å². The molecule has 1 heterocycles. The lowest BCUT2D eigenvalue weighted by Crippen LogP contribution is -2.27. The molecule has 1 saturated heterocycles. The highest BCUT2D eigenvalue weighted by atomic mass is 16.5. The van der Waals surface area contributed by atoms with Crippen LogP contribution < -0.4 is 10.2 Å². The lowest BCUT2D eigenvalue weighted by Gasteiger charge is -2.23. The number of carbonyl (C=O) groups is 1. The van der Waals surface area contributed by atoms with Crippen LogP contribution in [0.15, 0.2) is 54.6 Å². The summed E-state index contributed by atoms with van der Waals surface area (Å²) in [6, 6.07) is 18.4. The summed E-state index contributed by atoms with van der Waals surface area (Å²) in [5.74, 6) is -0.0446. The summed E-state index contributed by atoms with van der Waals surface area (Å²) >= 11 is 0. The van der Waals surface area contributed by atoms with Crippen LogP contribution in [0.3, 0.4) is 0 Å². The number of amides is 1. The van der Waals surface area contributed by atoms with Gasteiger partial charge in [-0.15, -0.1) is 0 Å². The van der Waals surface area contributed by atoms with Crippen LogP contribution in [-0.2, 0) is 16.1 Å². The van der Waals surface area contributed by atoms with E-state index in [9.17, 15) is 4.79 Å². The monoisotopic (exact) mass is 324 g/mol. The molecular formula is C20H24N2O2. The summed E-state index contributed by atoms with van der Waals surface area (Å²) in [5.41, 5.74) is 3.25. The van der Waals surface area contributed by atoms with Crippen molar-refractivity contribution in [3.05, 3.63) is 60.2 Å². The van der Waals surface area contributed by atoms with Crippen LogP contribution in [0.25, 0.3) is 0 Å². The fourth-order valence-corrected chi connectivity index (χ4v) is 2.95. The molecule has 1 amide bonds. The van der Waals surface area contributed by atoms with Gasteiger partial charge in [0.05, 0.1) is 0 Å². The highest BCUT2D eigenvalue weighted by Gasteiger charge is 2.23. The van der Waals surface area contributed by atoms with E-state index in [2.05, 4.69) is 53.5 Å². The molecule has 126 valence electrons. The van der Waals surface area contributed by atoms with Crippen molar-refractivity contribution in [3.8, 4) is 0 Å². The van der Waals surface area contributed by atoms with Crippen LogP contribution >= 0.6 is 0 Å². The summed E-state index contributed by atoms with van der Waals surface area (Å²) in [4.78, 5) is 14.4. The van der Waals surface area contributed by atoms with Crippen LogP contribution in [-0.4, -0.2) is 25.2 Å². The lowest BCUT2D eigenvalue weighted by molar-refractivity contribution is -0.124. The number of rotatable bonds is 6. The molecule has 2 aromatic rings. The van der Waals surface area contributed by atoms with Crippen LogP contribution in [0, 0.1) is 0 Å². The van der Waals surface area contributed by atoms with Gasteiger partial charge in [0.15, 0.2) is 0 Å². The molecule has 1 aliphatic heterocycles. The first-order valence-corrected chi connectivity index (χ1v) is 8.57. The van der Waals surface area contributed by atoms with Crippen LogP contribution in [0.1, 0.15) is 25.3 Å². The Balaban J connectivity index is 1.63. The van der Waals surface area contributed by atoms with E-state index >= 15 is 0 Å². The average molecular weight is 324 g/mol. The van der Waals surface area contributed by atoms with Gasteiger partial charge in [-0.05, 0) is 49.6 Å². The van der Waals surface area contributed by atoms with Crippen molar-refractivity contribution in [2.45, 2.75) is 32.4 Å². The Labute approximate surface area is 143 Å². The number of nitrogens with one attached hydrogen (secondary N) is 1. The molecule has 24 heavy (non-hydrogen) atoms. The number of hydrogen-bond acceptors (Lipinski definition) is 3. The molecule has 4 heteroatoms. The third-order valence-electron chi connectivity index (χ3n) is 4.32. The third-order valence-corrected chi connectivity index (χ3v) is 4.32. The van der Waals surface area contributed by atoms with Gasteiger partial charge in [0.1, 0.15) is 6.10 Å². The predicted octanol–water partition coefficient (Wildman–Crippen LogP) is 3.83. The SMILES string of the molecule is CCN(Cc1ccccc1)c1ccc(NC(=O)C2CCCO2)cc1. The first-order chi connectivity index (χ1) is 11.8. The molecule has 0 aromatic heterocycles. The number of ether oxygens (including phenoxy) is 1. The fraction of sp³-hybridized carbons (Fsp3) is 0.350. The maximum atomic E-state index is 12.1. The standard InChI is InChI=1S/C20H24N2O2/c1-2-22(15-16-7-4-3-5-8-16)18-12-10-17(11-13-18)21-20(23)19-9-6-14-24-19/h3-5,7-8,10-13,19H,2,6,9,14-15H2,1H3,(H,21,23). The van der Waals surface area contributed by atoms with Crippen LogP contribution in [0.4, 0.5) is 11.4 Å². The smallest absolute Gasteiger partial charge is 0.253 e. The lowest BCUT2D eigenvalue weighted by atomic mass is 10.2. The topological polar surface area (TPSA) is 41.6 Å². The second-order valence-electron chi connectivity index (χ2n) is 6.04. The first-order valence-electron chi connectivity index (χ1n) is 8.57. The van der Waals surface area contributed by atoms with E-state index in [1.54, 1.807) is 0 Å². The highest BCUT2D eigenvalue weighted by molar-refractivity contribution is 5.94. The van der Waals surface area contributed by atoms with Crippen molar-refractivity contribution in [2.75, 3.05) is 23.4 Å². The molecule has 0 bridgehead atoms. The second-order valence-corrected chi connectivity index (χ2v) is 6.04. The first kappa shape index (κ1) is 16.5. The number of anilines is 2. The zero-order chi connectivity index (χ0) is 16.8. The maximum Gasteiger partial charge on any atom is 0.253 e. The maximum absolute atomic E-state index is 12.1. The van der Waals surface area contributed by atoms with E-state index in [0.29, 0.717) is 6.61 Å². The Morgan fingerprint density at radius 3 is 2.54 bits per heavy atom. The quantitative estimate of drug-likeness (QED) is 0.878. The Kier molecular flexibility index (Phi) is 5.49. The summed E-state index contributed by atoms with van der Waals surface area (Å²) in [7, 11) is 0. The summed E-state index contributed by atoms with van der Waals surface area (Å²) in [6.45, 7) is 4.63. The molecule has 4 nitrogen and oxygen atoms in total. The molecule has 0 aliphatic carbocycles. The Morgan fingerprint density at radius 1 is 1.17 bits per heavy atom. The van der Waals surface area contributed by atoms with Crippen molar-refractivity contribution < 1.29 is 9.53 Å². The Bertz CT molecular complexity index is 649. The van der Waals surface area contributed by atoms with Gasteiger partial charge in [0.25, 0.3) is 5.91 Å². The number of carbonyl (C=O) groups excluding carboxylic acids is 1. The summed E-state index contributed by atoms with van der Waals surface area (Å²) in [6.07, 6.45) is 1.47. The summed E-state index contributed by atoms with van der Waals surface area (Å²) in [5, 5.41) is 2.94. The van der Waals surface area contributed by atoms with Gasteiger partial charge in [-0.1, -0.05) is 30.3 Å². The number of benzene rings is 2. The third kappa shape index (κ3) is 4.15. The van der Waals surface area contributed by atoms with Gasteiger partial charge in [-0.2, -0.15) is 0 Å². The van der Waals surface area contributed by atoms with Gasteiger partial charge in [-0.25, -0.2) is 0 Å². The average Bonchev–Trinajstić information content (AvgIpc) is 3.16. The van der Waals surface area contributed by atoms with Crippen molar-refractivity contribution in [1.82, 2.24) is 0 Å². The van der Waals surface area contributed by atoms with Gasteiger partial charge in [-0.3, -0.25) is 4.79 Å².